The molecular formula is C64H36F3N5S2. The van der Waals surface area contributed by atoms with Crippen molar-refractivity contribution < 1.29 is 13.2 Å². The zero-order valence-electron chi connectivity index (χ0n) is 39.0. The summed E-state index contributed by atoms with van der Waals surface area (Å²) in [7, 11) is 0. The Balaban J connectivity index is 1.04. The first-order chi connectivity index (χ1) is 36.3. The highest BCUT2D eigenvalue weighted by Gasteiger charge is 2.35. The Hall–Kier alpha value is -8.96. The minimum absolute atomic E-state index is 0.0233. The summed E-state index contributed by atoms with van der Waals surface area (Å²) in [5.41, 5.74) is 6.49. The lowest BCUT2D eigenvalue weighted by molar-refractivity contribution is -0.137. The highest BCUT2D eigenvalue weighted by molar-refractivity contribution is 7.27. The summed E-state index contributed by atoms with van der Waals surface area (Å²) >= 11 is 3.48. The van der Waals surface area contributed by atoms with Gasteiger partial charge in [-0.3, -0.25) is 0 Å². The maximum Gasteiger partial charge on any atom is 0.417 e. The molecular weight excluding hydrogens is 960 g/mol. The van der Waals surface area contributed by atoms with Gasteiger partial charge in [-0.25, -0.2) is 15.0 Å². The molecule has 0 N–H and O–H groups in total. The molecule has 0 amide bonds. The van der Waals surface area contributed by atoms with Crippen molar-refractivity contribution in [2.24, 2.45) is 0 Å². The van der Waals surface area contributed by atoms with Crippen LogP contribution in [0.1, 0.15) is 5.56 Å². The minimum Gasteiger partial charge on any atom is -0.309 e. The number of aromatic nitrogens is 5. The summed E-state index contributed by atoms with van der Waals surface area (Å²) in [6.07, 6.45) is -4.73. The van der Waals surface area contributed by atoms with Crippen LogP contribution in [0.3, 0.4) is 0 Å². The average Bonchev–Trinajstić information content (AvgIpc) is 4.21. The summed E-state index contributed by atoms with van der Waals surface area (Å²) in [6, 6.07) is 71.4. The van der Waals surface area contributed by atoms with Crippen LogP contribution in [-0.2, 0) is 6.18 Å². The molecule has 0 radical (unpaired) electrons. The molecule has 0 aliphatic heterocycles. The van der Waals surface area contributed by atoms with Crippen LogP contribution in [-0.4, -0.2) is 24.1 Å². The number of para-hydroxylation sites is 2. The van der Waals surface area contributed by atoms with Gasteiger partial charge in [-0.2, -0.15) is 13.2 Å². The topological polar surface area (TPSA) is 48.5 Å². The number of nitrogens with zero attached hydrogens (tertiary/aromatic N) is 5. The van der Waals surface area contributed by atoms with Crippen molar-refractivity contribution in [3.8, 4) is 56.7 Å². The standard InChI is InChI=1S/C64H36F3N5S2/c65-64(66,67)49-31-28-40(71-50-23-11-7-21-45(50)57-53(71)33-29-43-41-19-9-13-25-55(41)73-59(43)57)36-47(49)48-35-39(63-69-61(37-15-3-1-4-16-37)68-62(70-63)38-17-5-2-6-18-38)27-32-52(48)72-51-24-12-8-22-46(51)58-54(72)34-30-44-42-20-10-14-26-56(42)74-60(44)58/h1-36H. The molecule has 15 rings (SSSR count). The molecule has 0 unspecified atom stereocenters. The van der Waals surface area contributed by atoms with Gasteiger partial charge in [-0.05, 0) is 78.4 Å². The average molecular weight is 996 g/mol. The van der Waals surface area contributed by atoms with Crippen LogP contribution in [0.2, 0.25) is 0 Å². The maximum absolute atomic E-state index is 16.1. The fraction of sp³-hybridized carbons (Fsp3) is 0.0156. The van der Waals surface area contributed by atoms with Crippen molar-refractivity contribution in [2.45, 2.75) is 6.18 Å². The number of hydrogen-bond acceptors (Lipinski definition) is 5. The van der Waals surface area contributed by atoms with E-state index in [0.717, 1.165) is 74.9 Å². The smallest absolute Gasteiger partial charge is 0.309 e. The van der Waals surface area contributed by atoms with E-state index in [2.05, 4.69) is 106 Å². The van der Waals surface area contributed by atoms with E-state index in [1.54, 1.807) is 34.8 Å². The van der Waals surface area contributed by atoms with E-state index in [1.165, 1.54) is 26.2 Å². The molecule has 0 saturated carbocycles. The van der Waals surface area contributed by atoms with E-state index in [9.17, 15) is 0 Å². The van der Waals surface area contributed by atoms with E-state index in [1.807, 2.05) is 103 Å². The predicted molar refractivity (Wildman–Crippen MR) is 301 cm³/mol. The SMILES string of the molecule is FC(F)(F)c1ccc(-n2c3ccccc3c3c4sc5ccccc5c4ccc32)cc1-c1cc(-c2nc(-c3ccccc3)nc(-c3ccccc3)n2)ccc1-n1c2ccccc2c2c3sc4ccccc4c3ccc21. The first-order valence-corrected chi connectivity index (χ1v) is 25.9. The van der Waals surface area contributed by atoms with Crippen LogP contribution in [0.15, 0.2) is 218 Å². The fourth-order valence-corrected chi connectivity index (χ4v) is 13.7. The van der Waals surface area contributed by atoms with Crippen molar-refractivity contribution in [1.29, 1.82) is 0 Å². The third-order valence-electron chi connectivity index (χ3n) is 14.4. The summed E-state index contributed by atoms with van der Waals surface area (Å²) in [5.74, 6) is 1.23. The molecule has 0 fully saturated rings. The summed E-state index contributed by atoms with van der Waals surface area (Å²) in [4.78, 5) is 15.1. The lowest BCUT2D eigenvalue weighted by Crippen LogP contribution is -2.10. The Kier molecular flexibility index (Phi) is 9.39. The second kappa shape index (κ2) is 16.3. The summed E-state index contributed by atoms with van der Waals surface area (Å²) in [5, 5.41) is 8.80. The zero-order chi connectivity index (χ0) is 49.2. The number of thiophene rings is 2. The van der Waals surface area contributed by atoms with E-state index >= 15 is 13.2 Å². The quantitative estimate of drug-likeness (QED) is 0.167. The third-order valence-corrected chi connectivity index (χ3v) is 16.8. The van der Waals surface area contributed by atoms with Crippen LogP contribution in [0.4, 0.5) is 13.2 Å². The molecule has 10 aromatic carbocycles. The minimum atomic E-state index is -4.73. The van der Waals surface area contributed by atoms with E-state index in [-0.39, 0.29) is 5.56 Å². The molecule has 0 aliphatic carbocycles. The normalized spacial score (nSPS) is 12.3. The fourth-order valence-electron chi connectivity index (χ4n) is 11.2. The van der Waals surface area contributed by atoms with Crippen molar-refractivity contribution >= 4 is 107 Å². The van der Waals surface area contributed by atoms with Crippen LogP contribution in [0, 0.1) is 0 Å². The lowest BCUT2D eigenvalue weighted by atomic mass is 9.94. The van der Waals surface area contributed by atoms with Crippen molar-refractivity contribution in [2.75, 3.05) is 0 Å². The first kappa shape index (κ1) is 42.7. The van der Waals surface area contributed by atoms with Gasteiger partial charge in [0.05, 0.1) is 33.3 Å². The number of rotatable bonds is 6. The molecule has 0 bridgehead atoms. The largest absolute Gasteiger partial charge is 0.417 e. The Morgan fingerprint density at radius 1 is 0.351 bits per heavy atom. The molecule has 10 heteroatoms. The Morgan fingerprint density at radius 3 is 1.38 bits per heavy atom. The number of hydrogen-bond donors (Lipinski definition) is 0. The molecule has 350 valence electrons. The molecule has 5 nitrogen and oxygen atoms in total. The molecule has 74 heavy (non-hydrogen) atoms. The molecule has 5 heterocycles. The van der Waals surface area contributed by atoms with E-state index < -0.39 is 11.7 Å². The van der Waals surface area contributed by atoms with Crippen molar-refractivity contribution in [3.63, 3.8) is 0 Å². The molecule has 0 atom stereocenters. The van der Waals surface area contributed by atoms with Gasteiger partial charge < -0.3 is 9.13 Å². The van der Waals surface area contributed by atoms with Crippen LogP contribution < -0.4 is 0 Å². The zero-order valence-corrected chi connectivity index (χ0v) is 40.6. The molecule has 5 aromatic heterocycles. The van der Waals surface area contributed by atoms with Gasteiger partial charge in [-0.1, -0.05) is 146 Å². The Morgan fingerprint density at radius 2 is 0.824 bits per heavy atom. The third kappa shape index (κ3) is 6.51. The number of halogens is 3. The van der Waals surface area contributed by atoms with Crippen LogP contribution in [0.5, 0.6) is 0 Å². The van der Waals surface area contributed by atoms with E-state index in [0.29, 0.717) is 40.0 Å². The second-order valence-electron chi connectivity index (χ2n) is 18.6. The van der Waals surface area contributed by atoms with Gasteiger partial charge >= 0.3 is 6.18 Å². The summed E-state index contributed by atoms with van der Waals surface area (Å²) < 4.78 is 57.2. The van der Waals surface area contributed by atoms with Gasteiger partial charge in [0.1, 0.15) is 0 Å². The number of alkyl halides is 3. The monoisotopic (exact) mass is 995 g/mol. The van der Waals surface area contributed by atoms with Crippen LogP contribution in [0.25, 0.3) is 141 Å². The van der Waals surface area contributed by atoms with Gasteiger partial charge in [0.25, 0.3) is 0 Å². The van der Waals surface area contributed by atoms with Crippen molar-refractivity contribution in [1.82, 2.24) is 24.1 Å². The van der Waals surface area contributed by atoms with Crippen LogP contribution >= 0.6 is 22.7 Å². The van der Waals surface area contributed by atoms with Gasteiger partial charge in [-0.15, -0.1) is 22.7 Å². The Labute approximate surface area is 428 Å². The molecule has 15 aromatic rings. The summed E-state index contributed by atoms with van der Waals surface area (Å²) in [6.45, 7) is 0. The van der Waals surface area contributed by atoms with Crippen molar-refractivity contribution in [3.05, 3.63) is 224 Å². The second-order valence-corrected chi connectivity index (χ2v) is 20.7. The number of benzene rings is 10. The van der Waals surface area contributed by atoms with Gasteiger partial charge in [0, 0.05) is 89.8 Å². The number of fused-ring (bicyclic) bond motifs is 14. The Bertz CT molecular complexity index is 4720. The highest BCUT2D eigenvalue weighted by Crippen LogP contribution is 2.49. The van der Waals surface area contributed by atoms with Gasteiger partial charge in [0.2, 0.25) is 0 Å². The molecule has 0 spiro atoms. The maximum atomic E-state index is 16.1. The predicted octanol–water partition coefficient (Wildman–Crippen LogP) is 18.5. The van der Waals surface area contributed by atoms with E-state index in [4.69, 9.17) is 15.0 Å². The highest BCUT2D eigenvalue weighted by atomic mass is 32.1. The lowest BCUT2D eigenvalue weighted by Gasteiger charge is -2.21. The van der Waals surface area contributed by atoms with Gasteiger partial charge in [0.15, 0.2) is 17.5 Å². The first-order valence-electron chi connectivity index (χ1n) is 24.2. The molecule has 0 aliphatic rings. The molecule has 0 saturated heterocycles.